The molecule has 2 aromatic rings. The van der Waals surface area contributed by atoms with Crippen molar-refractivity contribution in [2.45, 2.75) is 36.1 Å². The van der Waals surface area contributed by atoms with Crippen molar-refractivity contribution in [3.8, 4) is 10.7 Å². The highest BCUT2D eigenvalue weighted by atomic mass is 32.2. The summed E-state index contributed by atoms with van der Waals surface area (Å²) >= 11 is 3.50. The van der Waals surface area contributed by atoms with Gasteiger partial charge < -0.3 is 0 Å². The Hall–Kier alpha value is -1.14. The van der Waals surface area contributed by atoms with Crippen molar-refractivity contribution in [3.05, 3.63) is 17.5 Å². The van der Waals surface area contributed by atoms with E-state index >= 15 is 0 Å². The van der Waals surface area contributed by atoms with Gasteiger partial charge in [0, 0.05) is 0 Å². The Morgan fingerprint density at radius 3 is 3.17 bits per heavy atom. The Labute approximate surface area is 113 Å². The lowest BCUT2D eigenvalue weighted by molar-refractivity contribution is 0.642. The summed E-state index contributed by atoms with van der Waals surface area (Å²) in [5.74, 6) is 0.879. The van der Waals surface area contributed by atoms with Crippen molar-refractivity contribution in [2.75, 3.05) is 0 Å². The van der Waals surface area contributed by atoms with Gasteiger partial charge in [-0.2, -0.15) is 9.78 Å². The summed E-state index contributed by atoms with van der Waals surface area (Å²) in [7, 11) is 0. The third-order valence-corrected chi connectivity index (χ3v) is 5.47. The van der Waals surface area contributed by atoms with Crippen LogP contribution < -0.4 is 0 Å². The van der Waals surface area contributed by atoms with Gasteiger partial charge in [-0.3, -0.25) is 0 Å². The number of hydrogen-bond donors (Lipinski definition) is 0. The summed E-state index contributed by atoms with van der Waals surface area (Å²) in [6.45, 7) is 0. The first-order valence-corrected chi connectivity index (χ1v) is 7.91. The van der Waals surface area contributed by atoms with E-state index in [1.807, 2.05) is 22.5 Å². The second-order valence-electron chi connectivity index (χ2n) is 4.54. The molecule has 3 heterocycles. The van der Waals surface area contributed by atoms with Crippen LogP contribution in [0.5, 0.6) is 0 Å². The highest BCUT2D eigenvalue weighted by molar-refractivity contribution is 8.00. The third-order valence-electron chi connectivity index (χ3n) is 3.35. The highest BCUT2D eigenvalue weighted by Gasteiger charge is 2.29. The molecule has 92 valence electrons. The van der Waals surface area contributed by atoms with Crippen LogP contribution >= 0.6 is 23.1 Å². The van der Waals surface area contributed by atoms with Crippen LogP contribution in [0.15, 0.2) is 27.8 Å². The van der Waals surface area contributed by atoms with E-state index < -0.39 is 0 Å². The van der Waals surface area contributed by atoms with Crippen molar-refractivity contribution in [2.24, 2.45) is 5.10 Å². The van der Waals surface area contributed by atoms with Crippen LogP contribution in [0.25, 0.3) is 10.7 Å². The zero-order valence-electron chi connectivity index (χ0n) is 9.74. The SMILES string of the molecule is c1csc(-c2nnc3n2N=C2CCCCC2S3)c1. The molecular formula is C12H12N4S2. The minimum Gasteiger partial charge on any atom is -0.186 e. The van der Waals surface area contributed by atoms with Gasteiger partial charge in [-0.05, 0) is 30.7 Å². The summed E-state index contributed by atoms with van der Waals surface area (Å²) in [5.41, 5.74) is 1.32. The fraction of sp³-hybridized carbons (Fsp3) is 0.417. The van der Waals surface area contributed by atoms with Crippen LogP contribution in [-0.2, 0) is 0 Å². The van der Waals surface area contributed by atoms with E-state index in [0.29, 0.717) is 5.25 Å². The molecule has 1 saturated carbocycles. The van der Waals surface area contributed by atoms with Crippen LogP contribution in [0.4, 0.5) is 0 Å². The smallest absolute Gasteiger partial charge is 0.186 e. The number of nitrogens with zero attached hydrogens (tertiary/aromatic N) is 4. The summed E-state index contributed by atoms with van der Waals surface area (Å²) in [5, 5.41) is 16.9. The first-order chi connectivity index (χ1) is 8.92. The van der Waals surface area contributed by atoms with Gasteiger partial charge >= 0.3 is 0 Å². The molecule has 2 aromatic heterocycles. The Bertz CT molecular complexity index is 600. The van der Waals surface area contributed by atoms with E-state index in [-0.39, 0.29) is 0 Å². The Morgan fingerprint density at radius 2 is 2.28 bits per heavy atom. The van der Waals surface area contributed by atoms with Gasteiger partial charge in [-0.15, -0.1) is 21.5 Å². The quantitative estimate of drug-likeness (QED) is 0.803. The highest BCUT2D eigenvalue weighted by Crippen LogP contribution is 2.37. The molecule has 0 bridgehead atoms. The lowest BCUT2D eigenvalue weighted by Crippen LogP contribution is -2.26. The van der Waals surface area contributed by atoms with E-state index in [4.69, 9.17) is 5.10 Å². The lowest BCUT2D eigenvalue weighted by atomic mass is 9.98. The molecule has 4 rings (SSSR count). The molecule has 2 aliphatic rings. The van der Waals surface area contributed by atoms with Gasteiger partial charge in [-0.1, -0.05) is 24.2 Å². The number of thioether (sulfide) groups is 1. The van der Waals surface area contributed by atoms with Crippen LogP contribution in [0.1, 0.15) is 25.7 Å². The first kappa shape index (κ1) is 10.8. The largest absolute Gasteiger partial charge is 0.213 e. The van der Waals surface area contributed by atoms with Gasteiger partial charge in [0.15, 0.2) is 5.82 Å². The Balaban J connectivity index is 1.81. The molecule has 6 heteroatoms. The van der Waals surface area contributed by atoms with Gasteiger partial charge in [0.05, 0.1) is 15.8 Å². The van der Waals surface area contributed by atoms with Crippen molar-refractivity contribution in [1.29, 1.82) is 0 Å². The average Bonchev–Trinajstić information content (AvgIpc) is 3.04. The minimum absolute atomic E-state index is 0.534. The van der Waals surface area contributed by atoms with Crippen LogP contribution in [-0.4, -0.2) is 25.8 Å². The van der Waals surface area contributed by atoms with Gasteiger partial charge in [0.25, 0.3) is 0 Å². The normalized spacial score (nSPS) is 22.2. The van der Waals surface area contributed by atoms with Gasteiger partial charge in [-0.25, -0.2) is 0 Å². The molecule has 1 fully saturated rings. The molecule has 0 spiro atoms. The van der Waals surface area contributed by atoms with Gasteiger partial charge in [0.2, 0.25) is 5.16 Å². The maximum Gasteiger partial charge on any atom is 0.213 e. The predicted octanol–water partition coefficient (Wildman–Crippen LogP) is 3.26. The molecular weight excluding hydrogens is 264 g/mol. The summed E-state index contributed by atoms with van der Waals surface area (Å²) < 4.78 is 1.92. The number of aromatic nitrogens is 3. The molecule has 1 aliphatic carbocycles. The molecule has 0 aromatic carbocycles. The van der Waals surface area contributed by atoms with E-state index in [0.717, 1.165) is 22.3 Å². The van der Waals surface area contributed by atoms with Crippen molar-refractivity contribution in [1.82, 2.24) is 14.9 Å². The summed E-state index contributed by atoms with van der Waals surface area (Å²) in [6.07, 6.45) is 4.92. The van der Waals surface area contributed by atoms with Crippen LogP contribution in [0, 0.1) is 0 Å². The van der Waals surface area contributed by atoms with Crippen molar-refractivity contribution < 1.29 is 0 Å². The zero-order valence-corrected chi connectivity index (χ0v) is 11.4. The maximum absolute atomic E-state index is 4.78. The van der Waals surface area contributed by atoms with Crippen molar-refractivity contribution in [3.63, 3.8) is 0 Å². The summed E-state index contributed by atoms with van der Waals surface area (Å²) in [6, 6.07) is 4.11. The lowest BCUT2D eigenvalue weighted by Gasteiger charge is -2.26. The molecule has 1 aliphatic heterocycles. The van der Waals surface area contributed by atoms with Crippen LogP contribution in [0.2, 0.25) is 0 Å². The zero-order chi connectivity index (χ0) is 11.9. The molecule has 0 saturated heterocycles. The number of rotatable bonds is 1. The Kier molecular flexibility index (Phi) is 2.51. The number of hydrogen-bond acceptors (Lipinski definition) is 5. The second kappa shape index (κ2) is 4.20. The van der Waals surface area contributed by atoms with Crippen molar-refractivity contribution >= 4 is 28.8 Å². The molecule has 18 heavy (non-hydrogen) atoms. The van der Waals surface area contributed by atoms with E-state index in [9.17, 15) is 0 Å². The van der Waals surface area contributed by atoms with E-state index in [2.05, 4.69) is 21.6 Å². The topological polar surface area (TPSA) is 43.1 Å². The molecule has 0 radical (unpaired) electrons. The predicted molar refractivity (Wildman–Crippen MR) is 74.3 cm³/mol. The molecule has 4 nitrogen and oxygen atoms in total. The van der Waals surface area contributed by atoms with Crippen LogP contribution in [0.3, 0.4) is 0 Å². The molecule has 0 N–H and O–H groups in total. The second-order valence-corrected chi connectivity index (χ2v) is 6.66. The standard InChI is InChI=1S/C12H12N4S2/c1-2-5-9-8(4-1)15-16-11(10-6-3-7-17-10)13-14-12(16)18-9/h3,6-7,9H,1-2,4-5H2. The molecule has 1 atom stereocenters. The minimum atomic E-state index is 0.534. The molecule has 0 amide bonds. The third kappa shape index (κ3) is 1.63. The fourth-order valence-electron chi connectivity index (χ4n) is 2.45. The van der Waals surface area contributed by atoms with Gasteiger partial charge in [0.1, 0.15) is 0 Å². The summed E-state index contributed by atoms with van der Waals surface area (Å²) in [4.78, 5) is 1.13. The number of thiophene rings is 1. The fourth-order valence-corrected chi connectivity index (χ4v) is 4.30. The molecule has 1 unspecified atom stereocenters. The van der Waals surface area contributed by atoms with E-state index in [1.54, 1.807) is 11.3 Å². The maximum atomic E-state index is 4.78. The first-order valence-electron chi connectivity index (χ1n) is 6.15. The average molecular weight is 276 g/mol. The van der Waals surface area contributed by atoms with E-state index in [1.165, 1.54) is 25.0 Å². The monoisotopic (exact) mass is 276 g/mol. The Morgan fingerprint density at radius 1 is 1.28 bits per heavy atom. The number of fused-ring (bicyclic) bond motifs is 2.